The number of anilines is 1. The summed E-state index contributed by atoms with van der Waals surface area (Å²) in [7, 11) is 4.09. The zero-order chi connectivity index (χ0) is 10.3. The van der Waals surface area contributed by atoms with Gasteiger partial charge in [-0.2, -0.15) is 0 Å². The number of nitrogens with zero attached hydrogens (tertiary/aromatic N) is 1. The van der Waals surface area contributed by atoms with Gasteiger partial charge in [-0.25, -0.2) is 0 Å². The third-order valence-electron chi connectivity index (χ3n) is 2.01. The normalized spacial score (nSPS) is 10.9. The van der Waals surface area contributed by atoms with Gasteiger partial charge in [0, 0.05) is 28.1 Å². The Kier molecular flexibility index (Phi) is 2.91. The standard InChI is InChI=1S/C10H9ClINS/c1-13(2)9-5-6-7(11)3-4-8(12)10(6)14-9/h3-5H,1-2H3. The van der Waals surface area contributed by atoms with Gasteiger partial charge in [0.25, 0.3) is 0 Å². The van der Waals surface area contributed by atoms with E-state index in [2.05, 4.69) is 39.6 Å². The smallest absolute Gasteiger partial charge is 0.0916 e. The van der Waals surface area contributed by atoms with Crippen molar-refractivity contribution in [3.63, 3.8) is 0 Å². The monoisotopic (exact) mass is 337 g/mol. The van der Waals surface area contributed by atoms with E-state index in [0.29, 0.717) is 0 Å². The third-order valence-corrected chi connectivity index (χ3v) is 4.94. The molecule has 74 valence electrons. The van der Waals surface area contributed by atoms with E-state index in [1.807, 2.05) is 20.2 Å². The van der Waals surface area contributed by atoms with Crippen molar-refractivity contribution in [2.24, 2.45) is 0 Å². The summed E-state index contributed by atoms with van der Waals surface area (Å²) in [6.45, 7) is 0. The predicted octanol–water partition coefficient (Wildman–Crippen LogP) is 4.23. The van der Waals surface area contributed by atoms with Gasteiger partial charge in [0.05, 0.1) is 9.70 Å². The maximum Gasteiger partial charge on any atom is 0.0916 e. The minimum Gasteiger partial charge on any atom is -0.370 e. The molecule has 1 heterocycles. The molecular formula is C10H9ClINS. The van der Waals surface area contributed by atoms with Crippen molar-refractivity contribution in [1.29, 1.82) is 0 Å². The van der Waals surface area contributed by atoms with E-state index in [1.54, 1.807) is 11.3 Å². The zero-order valence-corrected chi connectivity index (χ0v) is 11.6. The van der Waals surface area contributed by atoms with Crippen molar-refractivity contribution < 1.29 is 0 Å². The Hall–Kier alpha value is -0.0000000000000000833. The van der Waals surface area contributed by atoms with E-state index in [4.69, 9.17) is 11.6 Å². The summed E-state index contributed by atoms with van der Waals surface area (Å²) in [6.07, 6.45) is 0. The molecule has 2 aromatic rings. The van der Waals surface area contributed by atoms with Gasteiger partial charge >= 0.3 is 0 Å². The summed E-state index contributed by atoms with van der Waals surface area (Å²) < 4.78 is 2.54. The van der Waals surface area contributed by atoms with Gasteiger partial charge in [-0.1, -0.05) is 11.6 Å². The Morgan fingerprint density at radius 3 is 2.64 bits per heavy atom. The van der Waals surface area contributed by atoms with Crippen LogP contribution in [0.4, 0.5) is 5.00 Å². The van der Waals surface area contributed by atoms with Gasteiger partial charge in [-0.05, 0) is 40.8 Å². The summed E-state index contributed by atoms with van der Waals surface area (Å²) >= 11 is 10.3. The number of hydrogen-bond donors (Lipinski definition) is 0. The van der Waals surface area contributed by atoms with E-state index in [9.17, 15) is 0 Å². The highest BCUT2D eigenvalue weighted by atomic mass is 127. The molecule has 0 aliphatic heterocycles. The Morgan fingerprint density at radius 2 is 2.07 bits per heavy atom. The quantitative estimate of drug-likeness (QED) is 0.704. The molecule has 0 atom stereocenters. The molecule has 4 heteroatoms. The van der Waals surface area contributed by atoms with Crippen LogP contribution in [0, 0.1) is 3.57 Å². The van der Waals surface area contributed by atoms with Gasteiger partial charge in [0.15, 0.2) is 0 Å². The Balaban J connectivity index is 2.75. The number of hydrogen-bond acceptors (Lipinski definition) is 2. The van der Waals surface area contributed by atoms with Crippen molar-refractivity contribution in [3.05, 3.63) is 26.8 Å². The third kappa shape index (κ3) is 1.73. The van der Waals surface area contributed by atoms with Crippen molar-refractivity contribution in [2.45, 2.75) is 0 Å². The summed E-state index contributed by atoms with van der Waals surface area (Å²) in [5, 5.41) is 3.24. The lowest BCUT2D eigenvalue weighted by Gasteiger charge is -2.06. The summed E-state index contributed by atoms with van der Waals surface area (Å²) in [4.78, 5) is 2.11. The largest absolute Gasteiger partial charge is 0.370 e. The van der Waals surface area contributed by atoms with Crippen molar-refractivity contribution in [2.75, 3.05) is 19.0 Å². The molecule has 1 nitrogen and oxygen atoms in total. The summed E-state index contributed by atoms with van der Waals surface area (Å²) in [5.41, 5.74) is 0. The second-order valence-electron chi connectivity index (χ2n) is 3.25. The Morgan fingerprint density at radius 1 is 1.36 bits per heavy atom. The molecular weight excluding hydrogens is 329 g/mol. The van der Waals surface area contributed by atoms with Crippen molar-refractivity contribution >= 4 is 60.6 Å². The molecule has 2 rings (SSSR count). The molecule has 0 saturated carbocycles. The topological polar surface area (TPSA) is 3.24 Å². The minimum absolute atomic E-state index is 0.838. The fourth-order valence-electron chi connectivity index (χ4n) is 1.27. The van der Waals surface area contributed by atoms with E-state index < -0.39 is 0 Å². The molecule has 0 unspecified atom stereocenters. The highest BCUT2D eigenvalue weighted by Crippen LogP contribution is 2.38. The van der Waals surface area contributed by atoms with Gasteiger partial charge < -0.3 is 4.90 Å². The fraction of sp³-hybridized carbons (Fsp3) is 0.200. The van der Waals surface area contributed by atoms with Gasteiger partial charge in [0.1, 0.15) is 0 Å². The first-order valence-corrected chi connectivity index (χ1v) is 6.42. The van der Waals surface area contributed by atoms with Crippen LogP contribution in [0.5, 0.6) is 0 Å². The number of halogens is 2. The number of thiophene rings is 1. The van der Waals surface area contributed by atoms with Gasteiger partial charge in [-0.3, -0.25) is 0 Å². The van der Waals surface area contributed by atoms with Crippen LogP contribution in [0.15, 0.2) is 18.2 Å². The minimum atomic E-state index is 0.838. The number of benzene rings is 1. The van der Waals surface area contributed by atoms with Gasteiger partial charge in [-0.15, -0.1) is 11.3 Å². The maximum atomic E-state index is 6.13. The van der Waals surface area contributed by atoms with Crippen LogP contribution in [0.25, 0.3) is 10.1 Å². The number of fused-ring (bicyclic) bond motifs is 1. The Bertz CT molecular complexity index is 439. The molecule has 0 amide bonds. The number of rotatable bonds is 1. The molecule has 0 aliphatic carbocycles. The molecule has 14 heavy (non-hydrogen) atoms. The SMILES string of the molecule is CN(C)c1cc2c(Cl)ccc(I)c2s1. The molecule has 0 radical (unpaired) electrons. The average Bonchev–Trinajstić information content (AvgIpc) is 2.57. The molecule has 0 fully saturated rings. The van der Waals surface area contributed by atoms with E-state index in [-0.39, 0.29) is 0 Å². The summed E-state index contributed by atoms with van der Waals surface area (Å²) in [5.74, 6) is 0. The van der Waals surface area contributed by atoms with Crippen molar-refractivity contribution in [1.82, 2.24) is 0 Å². The molecule has 0 aliphatic rings. The van der Waals surface area contributed by atoms with Crippen LogP contribution >= 0.6 is 45.5 Å². The molecule has 1 aromatic heterocycles. The molecule has 0 N–H and O–H groups in total. The lowest BCUT2D eigenvalue weighted by atomic mass is 10.2. The van der Waals surface area contributed by atoms with E-state index >= 15 is 0 Å². The van der Waals surface area contributed by atoms with E-state index in [0.717, 1.165) is 10.4 Å². The van der Waals surface area contributed by atoms with Gasteiger partial charge in [0.2, 0.25) is 0 Å². The lowest BCUT2D eigenvalue weighted by molar-refractivity contribution is 1.16. The Labute approximate surface area is 106 Å². The average molecular weight is 338 g/mol. The molecule has 0 bridgehead atoms. The van der Waals surface area contributed by atoms with Crippen molar-refractivity contribution in [3.8, 4) is 0 Å². The van der Waals surface area contributed by atoms with Crippen LogP contribution < -0.4 is 4.90 Å². The van der Waals surface area contributed by atoms with Crippen LogP contribution in [0.1, 0.15) is 0 Å². The van der Waals surface area contributed by atoms with Crippen LogP contribution in [0.2, 0.25) is 5.02 Å². The first kappa shape index (κ1) is 10.5. The molecule has 0 saturated heterocycles. The van der Waals surface area contributed by atoms with E-state index in [1.165, 1.54) is 13.3 Å². The first-order valence-electron chi connectivity index (χ1n) is 4.14. The zero-order valence-electron chi connectivity index (χ0n) is 7.84. The van der Waals surface area contributed by atoms with Crippen LogP contribution in [-0.2, 0) is 0 Å². The second kappa shape index (κ2) is 3.87. The fourth-order valence-corrected chi connectivity index (χ4v) is 3.35. The van der Waals surface area contributed by atoms with Crippen LogP contribution in [0.3, 0.4) is 0 Å². The van der Waals surface area contributed by atoms with Crippen LogP contribution in [-0.4, -0.2) is 14.1 Å². The lowest BCUT2D eigenvalue weighted by Crippen LogP contribution is -2.05. The predicted molar refractivity (Wildman–Crippen MR) is 73.9 cm³/mol. The maximum absolute atomic E-state index is 6.13. The second-order valence-corrected chi connectivity index (χ2v) is 5.85. The molecule has 0 spiro atoms. The summed E-state index contributed by atoms with van der Waals surface area (Å²) in [6, 6.07) is 6.16. The first-order chi connectivity index (χ1) is 6.59. The highest BCUT2D eigenvalue weighted by Gasteiger charge is 2.08. The highest BCUT2D eigenvalue weighted by molar-refractivity contribution is 14.1. The molecule has 1 aromatic carbocycles.